The van der Waals surface area contributed by atoms with Crippen LogP contribution in [0.1, 0.15) is 23.1 Å². The molecule has 1 aliphatic heterocycles. The molecule has 0 aliphatic carbocycles. The van der Waals surface area contributed by atoms with E-state index in [1.165, 1.54) is 0 Å². The molecule has 0 saturated carbocycles. The molecule has 0 spiro atoms. The van der Waals surface area contributed by atoms with Crippen molar-refractivity contribution in [2.75, 3.05) is 18.5 Å². The SMILES string of the molecule is CCOC(=O)c1ncc2c(n1)NCC2. The lowest BCUT2D eigenvalue weighted by atomic mass is 10.3. The van der Waals surface area contributed by atoms with Crippen molar-refractivity contribution in [1.29, 1.82) is 0 Å². The molecule has 1 aromatic rings. The normalized spacial score (nSPS) is 13.2. The summed E-state index contributed by atoms with van der Waals surface area (Å²) in [4.78, 5) is 19.3. The van der Waals surface area contributed by atoms with Crippen molar-refractivity contribution in [3.63, 3.8) is 0 Å². The Labute approximate surface area is 81.5 Å². The Morgan fingerprint density at radius 2 is 2.57 bits per heavy atom. The first-order chi connectivity index (χ1) is 6.81. The van der Waals surface area contributed by atoms with Gasteiger partial charge in [-0.15, -0.1) is 0 Å². The summed E-state index contributed by atoms with van der Waals surface area (Å²) in [6.07, 6.45) is 2.59. The van der Waals surface area contributed by atoms with Crippen molar-refractivity contribution >= 4 is 11.8 Å². The monoisotopic (exact) mass is 193 g/mol. The number of hydrogen-bond acceptors (Lipinski definition) is 5. The molecule has 2 rings (SSSR count). The average Bonchev–Trinajstić information content (AvgIpc) is 2.64. The second kappa shape index (κ2) is 3.61. The summed E-state index contributed by atoms with van der Waals surface area (Å²) in [6, 6.07) is 0. The number of ether oxygens (including phenoxy) is 1. The minimum absolute atomic E-state index is 0.125. The van der Waals surface area contributed by atoms with E-state index in [-0.39, 0.29) is 5.82 Å². The average molecular weight is 193 g/mol. The maximum absolute atomic E-state index is 11.3. The third-order valence-corrected chi connectivity index (χ3v) is 2.01. The van der Waals surface area contributed by atoms with Gasteiger partial charge in [-0.1, -0.05) is 0 Å². The van der Waals surface area contributed by atoms with Crippen LogP contribution in [0.5, 0.6) is 0 Å². The number of carbonyl (C=O) groups is 1. The van der Waals surface area contributed by atoms with Crippen molar-refractivity contribution in [3.8, 4) is 0 Å². The Balaban J connectivity index is 2.24. The summed E-state index contributed by atoms with van der Waals surface area (Å²) in [5.41, 5.74) is 1.05. The zero-order chi connectivity index (χ0) is 9.97. The zero-order valence-corrected chi connectivity index (χ0v) is 7.91. The van der Waals surface area contributed by atoms with Crippen LogP contribution in [0.15, 0.2) is 6.20 Å². The number of aromatic nitrogens is 2. The van der Waals surface area contributed by atoms with Gasteiger partial charge < -0.3 is 10.1 Å². The van der Waals surface area contributed by atoms with E-state index < -0.39 is 5.97 Å². The number of nitrogens with one attached hydrogen (secondary N) is 1. The van der Waals surface area contributed by atoms with Crippen LogP contribution in [-0.2, 0) is 11.2 Å². The largest absolute Gasteiger partial charge is 0.460 e. The van der Waals surface area contributed by atoms with Crippen LogP contribution in [0.2, 0.25) is 0 Å². The highest BCUT2D eigenvalue weighted by Gasteiger charge is 2.16. The smallest absolute Gasteiger partial charge is 0.376 e. The fourth-order valence-electron chi connectivity index (χ4n) is 1.35. The third kappa shape index (κ3) is 1.53. The van der Waals surface area contributed by atoms with Crippen LogP contribution in [0.25, 0.3) is 0 Å². The van der Waals surface area contributed by atoms with Gasteiger partial charge >= 0.3 is 5.97 Å². The van der Waals surface area contributed by atoms with Crippen LogP contribution >= 0.6 is 0 Å². The first-order valence-corrected chi connectivity index (χ1v) is 4.58. The zero-order valence-electron chi connectivity index (χ0n) is 7.91. The maximum Gasteiger partial charge on any atom is 0.376 e. The Morgan fingerprint density at radius 3 is 3.36 bits per heavy atom. The molecule has 1 aromatic heterocycles. The molecule has 0 atom stereocenters. The van der Waals surface area contributed by atoms with E-state index in [0.717, 1.165) is 24.3 Å². The van der Waals surface area contributed by atoms with E-state index >= 15 is 0 Å². The molecule has 0 saturated heterocycles. The quantitative estimate of drug-likeness (QED) is 0.697. The van der Waals surface area contributed by atoms with Crippen LogP contribution in [0, 0.1) is 0 Å². The van der Waals surface area contributed by atoms with Crippen LogP contribution in [0.4, 0.5) is 5.82 Å². The summed E-state index contributed by atoms with van der Waals surface area (Å²) in [6.45, 7) is 2.95. The van der Waals surface area contributed by atoms with Crippen molar-refractivity contribution in [1.82, 2.24) is 9.97 Å². The molecule has 0 radical (unpaired) electrons. The van der Waals surface area contributed by atoms with Gasteiger partial charge in [-0.05, 0) is 13.3 Å². The van der Waals surface area contributed by atoms with Gasteiger partial charge in [-0.2, -0.15) is 0 Å². The summed E-state index contributed by atoms with van der Waals surface area (Å²) >= 11 is 0. The maximum atomic E-state index is 11.3. The molecule has 0 unspecified atom stereocenters. The highest BCUT2D eigenvalue weighted by atomic mass is 16.5. The van der Waals surface area contributed by atoms with Gasteiger partial charge in [0.15, 0.2) is 0 Å². The van der Waals surface area contributed by atoms with Crippen molar-refractivity contribution in [3.05, 3.63) is 17.6 Å². The van der Waals surface area contributed by atoms with Gasteiger partial charge in [0.1, 0.15) is 5.82 Å². The van der Waals surface area contributed by atoms with Gasteiger partial charge in [0.2, 0.25) is 5.82 Å². The number of anilines is 1. The molecule has 2 heterocycles. The molecular weight excluding hydrogens is 182 g/mol. The Hall–Kier alpha value is -1.65. The van der Waals surface area contributed by atoms with E-state index in [4.69, 9.17) is 4.74 Å². The molecule has 0 amide bonds. The van der Waals surface area contributed by atoms with E-state index in [9.17, 15) is 4.79 Å². The van der Waals surface area contributed by atoms with Gasteiger partial charge in [-0.3, -0.25) is 0 Å². The van der Waals surface area contributed by atoms with Crippen LogP contribution in [0.3, 0.4) is 0 Å². The Morgan fingerprint density at radius 1 is 1.71 bits per heavy atom. The fourth-order valence-corrected chi connectivity index (χ4v) is 1.35. The minimum Gasteiger partial charge on any atom is -0.460 e. The van der Waals surface area contributed by atoms with Gasteiger partial charge in [0.05, 0.1) is 6.61 Å². The lowest BCUT2D eigenvalue weighted by Crippen LogP contribution is -2.10. The molecule has 74 valence electrons. The number of hydrogen-bond donors (Lipinski definition) is 1. The first-order valence-electron chi connectivity index (χ1n) is 4.58. The summed E-state index contributed by atoms with van der Waals surface area (Å²) < 4.78 is 4.80. The minimum atomic E-state index is -0.469. The third-order valence-electron chi connectivity index (χ3n) is 2.01. The number of carbonyl (C=O) groups excluding carboxylic acids is 1. The Bertz CT molecular complexity index is 365. The molecule has 14 heavy (non-hydrogen) atoms. The number of fused-ring (bicyclic) bond motifs is 1. The molecule has 1 N–H and O–H groups in total. The predicted molar refractivity (Wildman–Crippen MR) is 50.2 cm³/mol. The molecule has 0 bridgehead atoms. The number of rotatable bonds is 2. The number of nitrogens with zero attached hydrogens (tertiary/aromatic N) is 2. The van der Waals surface area contributed by atoms with E-state index in [1.807, 2.05) is 0 Å². The van der Waals surface area contributed by atoms with Crippen molar-refractivity contribution in [2.45, 2.75) is 13.3 Å². The van der Waals surface area contributed by atoms with Gasteiger partial charge in [0, 0.05) is 18.3 Å². The van der Waals surface area contributed by atoms with E-state index in [2.05, 4.69) is 15.3 Å². The molecular formula is C9H11N3O2. The Kier molecular flexibility index (Phi) is 2.30. The van der Waals surface area contributed by atoms with E-state index in [0.29, 0.717) is 6.61 Å². The van der Waals surface area contributed by atoms with Crippen LogP contribution in [-0.4, -0.2) is 29.1 Å². The summed E-state index contributed by atoms with van der Waals surface area (Å²) in [5.74, 6) is 0.409. The first kappa shape index (κ1) is 8.93. The standard InChI is InChI=1S/C9H11N3O2/c1-2-14-9(13)8-11-5-6-3-4-10-7(6)12-8/h5H,2-4H2,1H3,(H,10,11,12). The lowest BCUT2D eigenvalue weighted by molar-refractivity contribution is 0.0512. The van der Waals surface area contributed by atoms with Gasteiger partial charge in [-0.25, -0.2) is 14.8 Å². The predicted octanol–water partition coefficient (Wildman–Crippen LogP) is 0.621. The second-order valence-electron chi connectivity index (χ2n) is 2.96. The molecule has 5 heteroatoms. The molecule has 5 nitrogen and oxygen atoms in total. The van der Waals surface area contributed by atoms with Crippen LogP contribution < -0.4 is 5.32 Å². The lowest BCUT2D eigenvalue weighted by Gasteiger charge is -2.02. The molecule has 0 aromatic carbocycles. The van der Waals surface area contributed by atoms with E-state index in [1.54, 1.807) is 13.1 Å². The second-order valence-corrected chi connectivity index (χ2v) is 2.96. The van der Waals surface area contributed by atoms with Crippen molar-refractivity contribution < 1.29 is 9.53 Å². The number of esters is 1. The molecule has 1 aliphatic rings. The summed E-state index contributed by atoms with van der Waals surface area (Å²) in [7, 11) is 0. The van der Waals surface area contributed by atoms with Crippen molar-refractivity contribution in [2.24, 2.45) is 0 Å². The molecule has 0 fully saturated rings. The highest BCUT2D eigenvalue weighted by Crippen LogP contribution is 2.17. The summed E-state index contributed by atoms with van der Waals surface area (Å²) in [5, 5.41) is 3.08. The topological polar surface area (TPSA) is 64.1 Å². The van der Waals surface area contributed by atoms with Gasteiger partial charge in [0.25, 0.3) is 0 Å². The highest BCUT2D eigenvalue weighted by molar-refractivity contribution is 5.85. The fraction of sp³-hybridized carbons (Fsp3) is 0.444.